The van der Waals surface area contributed by atoms with Crippen molar-refractivity contribution >= 4 is 0 Å². The van der Waals surface area contributed by atoms with Gasteiger partial charge in [0.2, 0.25) is 0 Å². The number of nitrogens with one attached hydrogen (secondary N) is 1. The van der Waals surface area contributed by atoms with Crippen molar-refractivity contribution in [1.29, 1.82) is 5.26 Å². The zero-order valence-electron chi connectivity index (χ0n) is 10.4. The van der Waals surface area contributed by atoms with Crippen molar-refractivity contribution in [2.45, 2.75) is 46.2 Å². The largest absolute Gasteiger partial charge is 0.309 e. The molecular weight excluding hydrogens is 196 g/mol. The maximum atomic E-state index is 8.67. The quantitative estimate of drug-likeness (QED) is 0.821. The van der Waals surface area contributed by atoms with Crippen LogP contribution in [0, 0.1) is 25.2 Å². The third kappa shape index (κ3) is 3.67. The number of hydrogen-bond acceptors (Lipinski definition) is 2. The Hall–Kier alpha value is -1.33. The maximum Gasteiger partial charge on any atom is 0.0638 e. The van der Waals surface area contributed by atoms with Crippen molar-refractivity contribution in [3.63, 3.8) is 0 Å². The minimum absolute atomic E-state index is 0.311. The zero-order valence-corrected chi connectivity index (χ0v) is 10.4. The van der Waals surface area contributed by atoms with E-state index in [2.05, 4.69) is 50.4 Å². The molecule has 1 rings (SSSR count). The van der Waals surface area contributed by atoms with Crippen LogP contribution < -0.4 is 5.32 Å². The fourth-order valence-corrected chi connectivity index (χ4v) is 1.77. The molecule has 16 heavy (non-hydrogen) atoms. The lowest BCUT2D eigenvalue weighted by molar-refractivity contribution is 0.504. The Morgan fingerprint density at radius 2 is 2.12 bits per heavy atom. The van der Waals surface area contributed by atoms with Crippen LogP contribution >= 0.6 is 0 Å². The Bertz CT molecular complexity index is 377. The molecule has 0 saturated carbocycles. The van der Waals surface area contributed by atoms with Crippen LogP contribution in [0.15, 0.2) is 18.2 Å². The molecule has 0 aliphatic heterocycles. The van der Waals surface area contributed by atoms with Gasteiger partial charge < -0.3 is 5.32 Å². The van der Waals surface area contributed by atoms with Crippen LogP contribution in [0.2, 0.25) is 0 Å². The Labute approximate surface area is 98.3 Å². The monoisotopic (exact) mass is 216 g/mol. The topological polar surface area (TPSA) is 35.8 Å². The molecule has 0 spiro atoms. The van der Waals surface area contributed by atoms with E-state index in [0.29, 0.717) is 12.5 Å². The normalized spacial score (nSPS) is 12.1. The van der Waals surface area contributed by atoms with Gasteiger partial charge in [0.15, 0.2) is 0 Å². The first-order valence-corrected chi connectivity index (χ1v) is 5.83. The van der Waals surface area contributed by atoms with E-state index in [9.17, 15) is 0 Å². The Balaban J connectivity index is 2.57. The summed E-state index contributed by atoms with van der Waals surface area (Å²) in [6.45, 7) is 7.20. The smallest absolute Gasteiger partial charge is 0.0638 e. The molecule has 1 aromatic carbocycles. The highest BCUT2D eigenvalue weighted by Crippen LogP contribution is 2.11. The van der Waals surface area contributed by atoms with Crippen molar-refractivity contribution in [3.05, 3.63) is 34.9 Å². The maximum absolute atomic E-state index is 8.67. The average molecular weight is 216 g/mol. The second-order valence-corrected chi connectivity index (χ2v) is 4.28. The lowest BCUT2D eigenvalue weighted by atomic mass is 10.0. The van der Waals surface area contributed by atoms with E-state index in [1.54, 1.807) is 0 Å². The highest BCUT2D eigenvalue weighted by atomic mass is 14.9. The number of benzene rings is 1. The average Bonchev–Trinajstić information content (AvgIpc) is 2.26. The summed E-state index contributed by atoms with van der Waals surface area (Å²) in [5, 5.41) is 12.1. The fraction of sp³-hybridized carbons (Fsp3) is 0.500. The minimum atomic E-state index is 0.311. The lowest BCUT2D eigenvalue weighted by Gasteiger charge is -2.15. The van der Waals surface area contributed by atoms with Gasteiger partial charge in [0.05, 0.1) is 12.5 Å². The molecule has 0 saturated heterocycles. The van der Waals surface area contributed by atoms with Crippen molar-refractivity contribution in [2.75, 3.05) is 0 Å². The molecule has 0 aliphatic carbocycles. The van der Waals surface area contributed by atoms with Gasteiger partial charge in [-0.3, -0.25) is 0 Å². The predicted molar refractivity (Wildman–Crippen MR) is 67.1 cm³/mol. The molecule has 1 unspecified atom stereocenters. The molecular formula is C14H20N2. The van der Waals surface area contributed by atoms with Crippen LogP contribution in [0.1, 0.15) is 36.5 Å². The van der Waals surface area contributed by atoms with E-state index < -0.39 is 0 Å². The van der Waals surface area contributed by atoms with Gasteiger partial charge in [0.25, 0.3) is 0 Å². The molecule has 0 radical (unpaired) electrons. The fourth-order valence-electron chi connectivity index (χ4n) is 1.77. The van der Waals surface area contributed by atoms with Gasteiger partial charge in [-0.2, -0.15) is 5.26 Å². The van der Waals surface area contributed by atoms with Crippen LogP contribution in [0.4, 0.5) is 0 Å². The summed E-state index contributed by atoms with van der Waals surface area (Å²) in [6.07, 6.45) is 1.58. The number of nitrogens with zero attached hydrogens (tertiary/aromatic N) is 1. The first kappa shape index (κ1) is 12.7. The summed E-state index contributed by atoms with van der Waals surface area (Å²) >= 11 is 0. The van der Waals surface area contributed by atoms with Gasteiger partial charge >= 0.3 is 0 Å². The second kappa shape index (κ2) is 6.30. The predicted octanol–water partition coefficient (Wildman–Crippen LogP) is 3.09. The second-order valence-electron chi connectivity index (χ2n) is 4.28. The standard InChI is InChI=1S/C14H20N2/c1-4-14(7-8-15)16-10-13-6-5-11(2)9-12(13)3/h5-6,9,14,16H,4,7,10H2,1-3H3. The van der Waals surface area contributed by atoms with Crippen LogP contribution in [-0.2, 0) is 6.54 Å². The summed E-state index contributed by atoms with van der Waals surface area (Å²) in [5.74, 6) is 0. The highest BCUT2D eigenvalue weighted by Gasteiger charge is 2.05. The Morgan fingerprint density at radius 1 is 1.38 bits per heavy atom. The van der Waals surface area contributed by atoms with Crippen molar-refractivity contribution in [2.24, 2.45) is 0 Å². The van der Waals surface area contributed by atoms with Gasteiger partial charge in [0.1, 0.15) is 0 Å². The molecule has 0 fully saturated rings. The Kier molecular flexibility index (Phi) is 5.01. The zero-order chi connectivity index (χ0) is 12.0. The summed E-state index contributed by atoms with van der Waals surface area (Å²) in [6, 6.07) is 9.02. The van der Waals surface area contributed by atoms with E-state index in [0.717, 1.165) is 13.0 Å². The van der Waals surface area contributed by atoms with Crippen molar-refractivity contribution < 1.29 is 0 Å². The number of rotatable bonds is 5. The summed E-state index contributed by atoms with van der Waals surface area (Å²) < 4.78 is 0. The van der Waals surface area contributed by atoms with E-state index in [1.165, 1.54) is 16.7 Å². The van der Waals surface area contributed by atoms with E-state index in [-0.39, 0.29) is 0 Å². The molecule has 0 heterocycles. The van der Waals surface area contributed by atoms with Gasteiger partial charge in [-0.1, -0.05) is 30.7 Å². The van der Waals surface area contributed by atoms with Gasteiger partial charge in [-0.05, 0) is 31.4 Å². The van der Waals surface area contributed by atoms with Crippen LogP contribution in [0.25, 0.3) is 0 Å². The first-order valence-electron chi connectivity index (χ1n) is 5.83. The third-order valence-electron chi connectivity index (χ3n) is 2.91. The number of aryl methyl sites for hydroxylation is 2. The van der Waals surface area contributed by atoms with Crippen molar-refractivity contribution in [3.8, 4) is 6.07 Å². The number of hydrogen-bond donors (Lipinski definition) is 1. The molecule has 0 aromatic heterocycles. The summed E-state index contributed by atoms with van der Waals surface area (Å²) in [4.78, 5) is 0. The van der Waals surface area contributed by atoms with Crippen molar-refractivity contribution in [1.82, 2.24) is 5.32 Å². The highest BCUT2D eigenvalue weighted by molar-refractivity contribution is 5.30. The molecule has 1 aromatic rings. The molecule has 2 nitrogen and oxygen atoms in total. The molecule has 0 bridgehead atoms. The van der Waals surface area contributed by atoms with Gasteiger partial charge in [-0.15, -0.1) is 0 Å². The molecule has 1 N–H and O–H groups in total. The van der Waals surface area contributed by atoms with E-state index in [1.807, 2.05) is 0 Å². The molecule has 2 heteroatoms. The van der Waals surface area contributed by atoms with Crippen LogP contribution in [0.3, 0.4) is 0 Å². The van der Waals surface area contributed by atoms with E-state index >= 15 is 0 Å². The summed E-state index contributed by atoms with van der Waals surface area (Å²) in [7, 11) is 0. The van der Waals surface area contributed by atoms with Gasteiger partial charge in [0, 0.05) is 12.6 Å². The van der Waals surface area contributed by atoms with Gasteiger partial charge in [-0.25, -0.2) is 0 Å². The third-order valence-corrected chi connectivity index (χ3v) is 2.91. The molecule has 0 amide bonds. The number of nitriles is 1. The lowest BCUT2D eigenvalue weighted by Crippen LogP contribution is -2.27. The first-order chi connectivity index (χ1) is 7.67. The summed E-state index contributed by atoms with van der Waals surface area (Å²) in [5.41, 5.74) is 3.94. The SMILES string of the molecule is CCC(CC#N)NCc1ccc(C)cc1C. The van der Waals surface area contributed by atoms with Crippen LogP contribution in [0.5, 0.6) is 0 Å². The molecule has 86 valence electrons. The molecule has 1 atom stereocenters. The Morgan fingerprint density at radius 3 is 2.69 bits per heavy atom. The molecule has 0 aliphatic rings. The van der Waals surface area contributed by atoms with Crippen LogP contribution in [-0.4, -0.2) is 6.04 Å². The van der Waals surface area contributed by atoms with E-state index in [4.69, 9.17) is 5.26 Å². The minimum Gasteiger partial charge on any atom is -0.309 e.